The van der Waals surface area contributed by atoms with Crippen molar-refractivity contribution in [2.24, 2.45) is 5.92 Å². The van der Waals surface area contributed by atoms with Gasteiger partial charge in [-0.05, 0) is 31.0 Å². The number of rotatable bonds is 4. The number of benzene rings is 1. The molecule has 10 heteroatoms. The number of fused-ring (bicyclic) bond motifs is 1. The molecule has 1 atom stereocenters. The van der Waals surface area contributed by atoms with E-state index in [0.717, 1.165) is 6.42 Å². The smallest absolute Gasteiger partial charge is 0.341 e. The van der Waals surface area contributed by atoms with Gasteiger partial charge in [-0.1, -0.05) is 22.9 Å². The number of hydrogen-bond donors (Lipinski definition) is 1. The Morgan fingerprint density at radius 1 is 1.40 bits per heavy atom. The van der Waals surface area contributed by atoms with Crippen LogP contribution >= 0.6 is 22.9 Å². The van der Waals surface area contributed by atoms with Gasteiger partial charge in [0.1, 0.15) is 16.9 Å². The molecule has 7 nitrogen and oxygen atoms in total. The van der Waals surface area contributed by atoms with Gasteiger partial charge in [0.25, 0.3) is 0 Å². The maximum Gasteiger partial charge on any atom is 0.341 e. The molecule has 0 spiro atoms. The predicted octanol–water partition coefficient (Wildman–Crippen LogP) is 4.13. The van der Waals surface area contributed by atoms with E-state index in [-0.39, 0.29) is 16.8 Å². The Hall–Kier alpha value is -2.78. The molecule has 0 aliphatic carbocycles. The molecule has 30 heavy (non-hydrogen) atoms. The zero-order valence-corrected chi connectivity index (χ0v) is 17.6. The zero-order valence-electron chi connectivity index (χ0n) is 16.0. The van der Waals surface area contributed by atoms with Gasteiger partial charge in [-0.25, -0.2) is 14.2 Å². The van der Waals surface area contributed by atoms with Gasteiger partial charge in [-0.15, -0.1) is 0 Å². The molecule has 1 aromatic carbocycles. The number of carbonyl (C=O) groups excluding carboxylic acids is 2. The highest BCUT2D eigenvalue weighted by molar-refractivity contribution is 7.22. The number of nitrogens with zero attached hydrogens (tertiary/aromatic N) is 3. The number of methoxy groups -OCH3 is 1. The fourth-order valence-corrected chi connectivity index (χ4v) is 4.78. The van der Waals surface area contributed by atoms with E-state index in [0.29, 0.717) is 46.1 Å². The van der Waals surface area contributed by atoms with E-state index < -0.39 is 11.8 Å². The Balaban J connectivity index is 1.51. The van der Waals surface area contributed by atoms with Crippen LogP contribution in [0.3, 0.4) is 0 Å². The minimum Gasteiger partial charge on any atom is -0.465 e. The van der Waals surface area contributed by atoms with Gasteiger partial charge in [0, 0.05) is 25.5 Å². The van der Waals surface area contributed by atoms with Crippen molar-refractivity contribution in [2.75, 3.05) is 30.4 Å². The van der Waals surface area contributed by atoms with Crippen molar-refractivity contribution in [3.05, 3.63) is 47.0 Å². The molecule has 0 radical (unpaired) electrons. The molecule has 1 aliphatic heterocycles. The first kappa shape index (κ1) is 20.5. The minimum atomic E-state index is -0.469. The van der Waals surface area contributed by atoms with Crippen LogP contribution in [0.25, 0.3) is 10.2 Å². The highest BCUT2D eigenvalue weighted by Crippen LogP contribution is 2.33. The first-order valence-corrected chi connectivity index (χ1v) is 10.5. The number of hydrogen-bond acceptors (Lipinski definition) is 7. The van der Waals surface area contributed by atoms with Crippen LogP contribution in [-0.4, -0.2) is 42.0 Å². The Morgan fingerprint density at radius 3 is 3.03 bits per heavy atom. The van der Waals surface area contributed by atoms with Crippen LogP contribution in [0.15, 0.2) is 30.6 Å². The van der Waals surface area contributed by atoms with Crippen LogP contribution in [0.4, 0.5) is 15.2 Å². The third kappa shape index (κ3) is 4.08. The molecule has 3 aromatic rings. The minimum absolute atomic E-state index is 0.177. The lowest BCUT2D eigenvalue weighted by atomic mass is 9.96. The van der Waals surface area contributed by atoms with Crippen LogP contribution in [0.1, 0.15) is 23.2 Å². The normalized spacial score (nSPS) is 16.5. The number of nitrogens with one attached hydrogen (secondary N) is 1. The fourth-order valence-electron chi connectivity index (χ4n) is 3.56. The number of anilines is 2. The van der Waals surface area contributed by atoms with Crippen LogP contribution in [0, 0.1) is 11.7 Å². The molecule has 1 unspecified atom stereocenters. The van der Waals surface area contributed by atoms with E-state index in [4.69, 9.17) is 16.3 Å². The van der Waals surface area contributed by atoms with Crippen LogP contribution < -0.4 is 10.2 Å². The Kier molecular flexibility index (Phi) is 5.83. The fraction of sp³-hybridized carbons (Fsp3) is 0.300. The van der Waals surface area contributed by atoms with Crippen molar-refractivity contribution in [2.45, 2.75) is 12.8 Å². The lowest BCUT2D eigenvalue weighted by Gasteiger charge is -2.34. The van der Waals surface area contributed by atoms with Crippen molar-refractivity contribution >= 4 is 55.8 Å². The second-order valence-electron chi connectivity index (χ2n) is 6.91. The molecule has 1 fully saturated rings. The van der Waals surface area contributed by atoms with Crippen molar-refractivity contribution in [1.29, 1.82) is 0 Å². The number of halogens is 2. The Labute approximate surface area is 180 Å². The number of esters is 1. The second-order valence-corrected chi connectivity index (χ2v) is 8.35. The summed E-state index contributed by atoms with van der Waals surface area (Å²) in [5.41, 5.74) is 1.52. The summed E-state index contributed by atoms with van der Waals surface area (Å²) < 4.78 is 19.0. The summed E-state index contributed by atoms with van der Waals surface area (Å²) in [6.07, 6.45) is 4.57. The highest BCUT2D eigenvalue weighted by Gasteiger charge is 2.29. The molecule has 1 amide bonds. The van der Waals surface area contributed by atoms with E-state index >= 15 is 0 Å². The molecule has 2 aromatic heterocycles. The topological polar surface area (TPSA) is 84.4 Å². The molecule has 4 rings (SSSR count). The van der Waals surface area contributed by atoms with Crippen molar-refractivity contribution in [3.8, 4) is 0 Å². The first-order chi connectivity index (χ1) is 14.5. The van der Waals surface area contributed by atoms with Gasteiger partial charge in [0.2, 0.25) is 5.91 Å². The maximum atomic E-state index is 13.5. The summed E-state index contributed by atoms with van der Waals surface area (Å²) in [4.78, 5) is 35.2. The standard InChI is InChI=1S/C20H18ClFN4O3S/c1-29-19(28)13-9-23-5-4-15(13)26-6-2-3-11(10-26)18(27)25-20-24-17-14(21)7-12(22)8-16(17)30-20/h4-5,7-9,11H,2-3,6,10H2,1H3,(H,24,25,27). The van der Waals surface area contributed by atoms with Gasteiger partial charge in [-0.2, -0.15) is 0 Å². The average molecular weight is 449 g/mol. The summed E-state index contributed by atoms with van der Waals surface area (Å²) in [5, 5.41) is 3.41. The second kappa shape index (κ2) is 8.53. The summed E-state index contributed by atoms with van der Waals surface area (Å²) >= 11 is 7.22. The molecule has 1 N–H and O–H groups in total. The molecule has 0 bridgehead atoms. The Morgan fingerprint density at radius 2 is 2.23 bits per heavy atom. The number of ether oxygens (including phenoxy) is 1. The number of piperidine rings is 1. The van der Waals surface area contributed by atoms with Crippen LogP contribution in [-0.2, 0) is 9.53 Å². The van der Waals surface area contributed by atoms with E-state index in [1.54, 1.807) is 12.3 Å². The zero-order chi connectivity index (χ0) is 21.3. The van der Waals surface area contributed by atoms with Crippen molar-refractivity contribution in [3.63, 3.8) is 0 Å². The molecular formula is C20H18ClFN4O3S. The molecule has 1 saturated heterocycles. The van der Waals surface area contributed by atoms with Gasteiger partial charge < -0.3 is 15.0 Å². The third-order valence-electron chi connectivity index (χ3n) is 4.98. The lowest BCUT2D eigenvalue weighted by Crippen LogP contribution is -2.41. The summed E-state index contributed by atoms with van der Waals surface area (Å²) in [5.74, 6) is -1.39. The van der Waals surface area contributed by atoms with E-state index in [1.807, 2.05) is 4.90 Å². The maximum absolute atomic E-state index is 13.5. The monoisotopic (exact) mass is 448 g/mol. The molecule has 156 valence electrons. The molecule has 3 heterocycles. The number of pyridine rings is 1. The Bertz CT molecular complexity index is 1120. The van der Waals surface area contributed by atoms with Crippen molar-refractivity contribution in [1.82, 2.24) is 9.97 Å². The van der Waals surface area contributed by atoms with Crippen LogP contribution in [0.2, 0.25) is 5.02 Å². The number of amides is 1. The highest BCUT2D eigenvalue weighted by atomic mass is 35.5. The lowest BCUT2D eigenvalue weighted by molar-refractivity contribution is -0.120. The van der Waals surface area contributed by atoms with Crippen molar-refractivity contribution < 1.29 is 18.7 Å². The molecule has 0 saturated carbocycles. The van der Waals surface area contributed by atoms with E-state index in [1.165, 1.54) is 36.8 Å². The summed E-state index contributed by atoms with van der Waals surface area (Å²) in [6, 6.07) is 4.28. The van der Waals surface area contributed by atoms with E-state index in [9.17, 15) is 14.0 Å². The molecular weight excluding hydrogens is 431 g/mol. The van der Waals surface area contributed by atoms with Gasteiger partial charge >= 0.3 is 5.97 Å². The third-order valence-corrected chi connectivity index (χ3v) is 6.19. The van der Waals surface area contributed by atoms with Crippen LogP contribution in [0.5, 0.6) is 0 Å². The number of carbonyl (C=O) groups is 2. The van der Waals surface area contributed by atoms with Gasteiger partial charge in [0.15, 0.2) is 5.13 Å². The summed E-state index contributed by atoms with van der Waals surface area (Å²) in [6.45, 7) is 1.16. The predicted molar refractivity (Wildman–Crippen MR) is 114 cm³/mol. The van der Waals surface area contributed by atoms with E-state index in [2.05, 4.69) is 15.3 Å². The largest absolute Gasteiger partial charge is 0.465 e. The number of thiazole rings is 1. The quantitative estimate of drug-likeness (QED) is 0.604. The summed E-state index contributed by atoms with van der Waals surface area (Å²) in [7, 11) is 1.32. The van der Waals surface area contributed by atoms with Gasteiger partial charge in [-0.3, -0.25) is 9.78 Å². The SMILES string of the molecule is COC(=O)c1cnccc1N1CCCC(C(=O)Nc2nc3c(Cl)cc(F)cc3s2)C1. The molecule has 1 aliphatic rings. The number of aromatic nitrogens is 2. The van der Waals surface area contributed by atoms with Gasteiger partial charge in [0.05, 0.1) is 28.4 Å². The first-order valence-electron chi connectivity index (χ1n) is 9.30. The average Bonchev–Trinajstić information content (AvgIpc) is 3.15.